The van der Waals surface area contributed by atoms with E-state index in [-0.39, 0.29) is 31.0 Å². The first kappa shape index (κ1) is 11.4. The minimum Gasteiger partial charge on any atom is -1.00 e. The molecule has 0 aliphatic rings. The van der Waals surface area contributed by atoms with E-state index < -0.39 is 5.97 Å². The fourth-order valence-electron chi connectivity index (χ4n) is 0.635. The molecule has 1 aromatic carbocycles. The van der Waals surface area contributed by atoms with E-state index in [0.29, 0.717) is 5.56 Å². The number of aromatic carboxylic acids is 1. The zero-order valence-corrected chi connectivity index (χ0v) is 10.2. The molecular weight excluding hydrogens is 266 g/mol. The summed E-state index contributed by atoms with van der Waals surface area (Å²) in [7, 11) is 0. The maximum Gasteiger partial charge on any atom is 1.00 e. The van der Waals surface area contributed by atoms with Gasteiger partial charge in [0.15, 0.2) is 0 Å². The second-order valence-electron chi connectivity index (χ2n) is 1.78. The van der Waals surface area contributed by atoms with Crippen LogP contribution in [0.3, 0.4) is 0 Å². The monoisotopic (exact) mass is 272 g/mol. The van der Waals surface area contributed by atoms with Gasteiger partial charge in [-0.25, -0.2) is 4.79 Å². The number of rotatable bonds is 1. The molecule has 0 radical (unpaired) electrons. The molecule has 2 nitrogen and oxygen atoms in total. The molecule has 0 heterocycles. The van der Waals surface area contributed by atoms with Gasteiger partial charge in [0.1, 0.15) is 0 Å². The molecule has 1 aromatic rings. The molecule has 0 aliphatic carbocycles. The van der Waals surface area contributed by atoms with Gasteiger partial charge in [0.05, 0.1) is 5.56 Å². The van der Waals surface area contributed by atoms with Crippen molar-refractivity contribution in [2.75, 3.05) is 0 Å². The first-order chi connectivity index (χ1) is 4.72. The van der Waals surface area contributed by atoms with Gasteiger partial charge in [-0.1, -0.05) is 12.1 Å². The molecule has 0 amide bonds. The molecule has 11 heavy (non-hydrogen) atoms. The molecule has 0 aliphatic heterocycles. The van der Waals surface area contributed by atoms with Gasteiger partial charge < -0.3 is 6.53 Å². The Morgan fingerprint density at radius 3 is 2.36 bits per heavy atom. The molecule has 0 aromatic heterocycles. The Bertz CT molecular complexity index is 267. The summed E-state index contributed by atoms with van der Waals surface area (Å²) in [5, 5.41) is 8.56. The quantitative estimate of drug-likeness (QED) is 0.532. The first-order valence-electron chi connectivity index (χ1n) is 2.69. The van der Waals surface area contributed by atoms with E-state index in [1.165, 1.54) is 0 Å². The predicted molar refractivity (Wildman–Crippen MR) is 47.2 cm³/mol. The maximum absolute atomic E-state index is 10.4. The summed E-state index contributed by atoms with van der Waals surface area (Å²) in [6, 6.07) is 6.88. The van der Waals surface area contributed by atoms with Gasteiger partial charge in [0, 0.05) is 3.57 Å². The molecular formula is C7H6INaO2. The number of hydrogen-bond acceptors (Lipinski definition) is 1. The average Bonchev–Trinajstić information content (AvgIpc) is 1.88. The number of carboxylic acid groups (broad SMARTS) is 1. The number of carboxylic acids is 1. The Balaban J connectivity index is 0. The summed E-state index contributed by atoms with van der Waals surface area (Å²) < 4.78 is 0.771. The topological polar surface area (TPSA) is 37.3 Å². The number of halogens is 1. The molecule has 0 fully saturated rings. The third kappa shape index (κ3) is 3.11. The predicted octanol–water partition coefficient (Wildman–Crippen LogP) is -0.894. The smallest absolute Gasteiger partial charge is 1.00 e. The average molecular weight is 272 g/mol. The molecule has 4 heteroatoms. The fourth-order valence-corrected chi connectivity index (χ4v) is 1.25. The SMILES string of the molecule is O=C(O)c1ccccc1I.[H-].[Na+]. The van der Waals surface area contributed by atoms with Gasteiger partial charge in [0.2, 0.25) is 0 Å². The minimum atomic E-state index is -0.870. The van der Waals surface area contributed by atoms with Gasteiger partial charge in [-0.15, -0.1) is 0 Å². The number of hydrogen-bond donors (Lipinski definition) is 1. The van der Waals surface area contributed by atoms with E-state index in [4.69, 9.17) is 5.11 Å². The molecule has 54 valence electrons. The summed E-state index contributed by atoms with van der Waals surface area (Å²) in [6.07, 6.45) is 0. The van der Waals surface area contributed by atoms with Crippen molar-refractivity contribution in [2.24, 2.45) is 0 Å². The Labute approximate surface area is 102 Å². The summed E-state index contributed by atoms with van der Waals surface area (Å²) >= 11 is 1.99. The van der Waals surface area contributed by atoms with E-state index in [1.54, 1.807) is 18.2 Å². The van der Waals surface area contributed by atoms with Crippen molar-refractivity contribution in [1.82, 2.24) is 0 Å². The van der Waals surface area contributed by atoms with Crippen molar-refractivity contribution < 1.29 is 40.9 Å². The van der Waals surface area contributed by atoms with Crippen LogP contribution < -0.4 is 29.6 Å². The standard InChI is InChI=1S/C7H5IO2.Na.H/c8-6-4-2-1-3-5(6)7(9)10;;/h1-4H,(H,9,10);;/q;+1;-1. The zero-order chi connectivity index (χ0) is 7.56. The molecule has 0 bridgehead atoms. The van der Waals surface area contributed by atoms with Crippen LogP contribution >= 0.6 is 22.6 Å². The third-order valence-electron chi connectivity index (χ3n) is 1.10. The number of benzene rings is 1. The van der Waals surface area contributed by atoms with Crippen LogP contribution in [-0.4, -0.2) is 11.1 Å². The minimum absolute atomic E-state index is 0. The second-order valence-corrected chi connectivity index (χ2v) is 2.95. The van der Waals surface area contributed by atoms with Crippen LogP contribution in [0, 0.1) is 3.57 Å². The van der Waals surface area contributed by atoms with Crippen LogP contribution in [0.4, 0.5) is 0 Å². The summed E-state index contributed by atoms with van der Waals surface area (Å²) in [6.45, 7) is 0. The summed E-state index contributed by atoms with van der Waals surface area (Å²) in [5.41, 5.74) is 0.364. The van der Waals surface area contributed by atoms with E-state index in [9.17, 15) is 4.79 Å². The summed E-state index contributed by atoms with van der Waals surface area (Å²) in [5.74, 6) is -0.870. The largest absolute Gasteiger partial charge is 1.00 e. The molecule has 0 atom stereocenters. The van der Waals surface area contributed by atoms with Crippen LogP contribution in [0.25, 0.3) is 0 Å². The van der Waals surface area contributed by atoms with E-state index in [0.717, 1.165) is 3.57 Å². The fraction of sp³-hybridized carbons (Fsp3) is 0. The first-order valence-corrected chi connectivity index (χ1v) is 3.77. The van der Waals surface area contributed by atoms with Crippen molar-refractivity contribution >= 4 is 28.6 Å². The molecule has 0 saturated carbocycles. The Morgan fingerprint density at radius 1 is 1.45 bits per heavy atom. The van der Waals surface area contributed by atoms with Crippen LogP contribution in [0.15, 0.2) is 24.3 Å². The normalized spacial score (nSPS) is 8.45. The summed E-state index contributed by atoms with van der Waals surface area (Å²) in [4.78, 5) is 10.4. The van der Waals surface area contributed by atoms with Crippen molar-refractivity contribution in [3.8, 4) is 0 Å². The zero-order valence-electron chi connectivity index (χ0n) is 7.04. The van der Waals surface area contributed by atoms with Crippen LogP contribution in [0.5, 0.6) is 0 Å². The Kier molecular flexibility index (Phi) is 5.33. The second kappa shape index (κ2) is 5.13. The van der Waals surface area contributed by atoms with Crippen molar-refractivity contribution in [2.45, 2.75) is 0 Å². The van der Waals surface area contributed by atoms with E-state index >= 15 is 0 Å². The maximum atomic E-state index is 10.4. The van der Waals surface area contributed by atoms with Crippen molar-refractivity contribution in [1.29, 1.82) is 0 Å². The number of carbonyl (C=O) groups is 1. The van der Waals surface area contributed by atoms with Gasteiger partial charge in [0.25, 0.3) is 0 Å². The molecule has 0 saturated heterocycles. The van der Waals surface area contributed by atoms with Crippen molar-refractivity contribution in [3.63, 3.8) is 0 Å². The van der Waals surface area contributed by atoms with Gasteiger partial charge in [-0.3, -0.25) is 0 Å². The molecule has 0 unspecified atom stereocenters. The Morgan fingerprint density at radius 2 is 2.00 bits per heavy atom. The van der Waals surface area contributed by atoms with Gasteiger partial charge in [-0.2, -0.15) is 0 Å². The molecule has 1 N–H and O–H groups in total. The van der Waals surface area contributed by atoms with E-state index in [1.807, 2.05) is 28.7 Å². The Hall–Kier alpha value is 0.420. The van der Waals surface area contributed by atoms with Gasteiger partial charge >= 0.3 is 35.5 Å². The van der Waals surface area contributed by atoms with Crippen LogP contribution in [0.2, 0.25) is 0 Å². The van der Waals surface area contributed by atoms with Crippen molar-refractivity contribution in [3.05, 3.63) is 33.4 Å². The van der Waals surface area contributed by atoms with Gasteiger partial charge in [-0.05, 0) is 34.7 Å². The van der Waals surface area contributed by atoms with Crippen LogP contribution in [-0.2, 0) is 0 Å². The third-order valence-corrected chi connectivity index (χ3v) is 2.04. The molecule has 1 rings (SSSR count). The molecule has 0 spiro atoms. The van der Waals surface area contributed by atoms with Crippen LogP contribution in [0.1, 0.15) is 11.8 Å². The van der Waals surface area contributed by atoms with E-state index in [2.05, 4.69) is 0 Å².